The van der Waals surface area contributed by atoms with Gasteiger partial charge in [-0.2, -0.15) is 0 Å². The molecule has 0 aromatic heterocycles. The first-order chi connectivity index (χ1) is 9.57. The number of hydrogen-bond donors (Lipinski definition) is 1. The highest BCUT2D eigenvalue weighted by Gasteiger charge is 2.10. The van der Waals surface area contributed by atoms with Gasteiger partial charge in [-0.25, -0.2) is 8.42 Å². The van der Waals surface area contributed by atoms with E-state index in [2.05, 4.69) is 6.92 Å². The third-order valence-electron chi connectivity index (χ3n) is 3.08. The number of unbranched alkanes of at least 4 members (excludes halogenated alkanes) is 2. The Hall–Kier alpha value is -1.07. The first kappa shape index (κ1) is 17.0. The summed E-state index contributed by atoms with van der Waals surface area (Å²) in [5.74, 6) is 1.05. The van der Waals surface area contributed by atoms with Gasteiger partial charge in [0, 0.05) is 0 Å². The molecular formula is C15H25NO3S. The molecule has 0 fully saturated rings. The summed E-state index contributed by atoms with van der Waals surface area (Å²) in [5.41, 5.74) is 6.64. The van der Waals surface area contributed by atoms with Crippen LogP contribution in [0, 0.1) is 0 Å². The smallest absolute Gasteiger partial charge is 0.153 e. The molecule has 1 rings (SSSR count). The third-order valence-corrected chi connectivity index (χ3v) is 4.78. The van der Waals surface area contributed by atoms with Gasteiger partial charge < -0.3 is 10.5 Å². The van der Waals surface area contributed by atoms with E-state index in [1.807, 2.05) is 24.3 Å². The maximum Gasteiger partial charge on any atom is 0.153 e. The van der Waals surface area contributed by atoms with E-state index < -0.39 is 9.84 Å². The lowest BCUT2D eigenvalue weighted by molar-refractivity contribution is 0.340. The van der Waals surface area contributed by atoms with E-state index in [0.29, 0.717) is 12.3 Å². The van der Waals surface area contributed by atoms with Crippen LogP contribution in [0.5, 0.6) is 5.75 Å². The predicted octanol–water partition coefficient (Wildman–Crippen LogP) is 2.17. The van der Waals surface area contributed by atoms with Crippen LogP contribution in [-0.2, 0) is 16.3 Å². The molecule has 0 saturated heterocycles. The number of rotatable bonds is 10. The first-order valence-corrected chi connectivity index (χ1v) is 9.02. The van der Waals surface area contributed by atoms with Crippen LogP contribution >= 0.6 is 0 Å². The molecule has 1 aromatic carbocycles. The zero-order valence-electron chi connectivity index (χ0n) is 12.2. The van der Waals surface area contributed by atoms with Gasteiger partial charge in [0.15, 0.2) is 9.84 Å². The summed E-state index contributed by atoms with van der Waals surface area (Å²) in [6.45, 7) is 2.89. The predicted molar refractivity (Wildman–Crippen MR) is 82.9 cm³/mol. The molecular weight excluding hydrogens is 274 g/mol. The van der Waals surface area contributed by atoms with Crippen LogP contribution in [0.2, 0.25) is 0 Å². The average Bonchev–Trinajstić information content (AvgIpc) is 2.41. The Labute approximate surface area is 122 Å². The lowest BCUT2D eigenvalue weighted by Gasteiger charge is -2.08. The minimum atomic E-state index is -2.98. The van der Waals surface area contributed by atoms with Crippen molar-refractivity contribution in [1.82, 2.24) is 0 Å². The maximum atomic E-state index is 11.7. The van der Waals surface area contributed by atoms with Gasteiger partial charge in [-0.1, -0.05) is 31.9 Å². The Morgan fingerprint density at radius 3 is 2.40 bits per heavy atom. The Kier molecular flexibility index (Phi) is 7.62. The Morgan fingerprint density at radius 1 is 1.10 bits per heavy atom. The number of ether oxygens (including phenoxy) is 1. The molecule has 0 bridgehead atoms. The van der Waals surface area contributed by atoms with Crippen molar-refractivity contribution >= 4 is 9.84 Å². The zero-order valence-corrected chi connectivity index (χ0v) is 13.0. The van der Waals surface area contributed by atoms with Crippen LogP contribution in [0.3, 0.4) is 0 Å². The number of sulfone groups is 1. The van der Waals surface area contributed by atoms with Crippen molar-refractivity contribution in [2.24, 2.45) is 5.73 Å². The molecule has 0 radical (unpaired) electrons. The molecule has 20 heavy (non-hydrogen) atoms. The van der Waals surface area contributed by atoms with Gasteiger partial charge in [0.1, 0.15) is 12.4 Å². The van der Waals surface area contributed by atoms with Crippen molar-refractivity contribution in [3.8, 4) is 5.75 Å². The molecule has 4 nitrogen and oxygen atoms in total. The molecule has 0 amide bonds. The molecule has 0 unspecified atom stereocenters. The number of hydrogen-bond acceptors (Lipinski definition) is 4. The third kappa shape index (κ3) is 6.91. The van der Waals surface area contributed by atoms with E-state index in [0.717, 1.165) is 31.2 Å². The normalized spacial score (nSPS) is 11.5. The molecule has 5 heteroatoms. The quantitative estimate of drug-likeness (QED) is 0.672. The summed E-state index contributed by atoms with van der Waals surface area (Å²) in [7, 11) is -2.98. The molecule has 0 atom stereocenters. The summed E-state index contributed by atoms with van der Waals surface area (Å²) >= 11 is 0. The van der Waals surface area contributed by atoms with Crippen LogP contribution in [0.15, 0.2) is 24.3 Å². The van der Waals surface area contributed by atoms with E-state index >= 15 is 0 Å². The lowest BCUT2D eigenvalue weighted by Crippen LogP contribution is -2.17. The van der Waals surface area contributed by atoms with Crippen molar-refractivity contribution in [1.29, 1.82) is 0 Å². The van der Waals surface area contributed by atoms with Crippen molar-refractivity contribution in [3.63, 3.8) is 0 Å². The molecule has 0 heterocycles. The van der Waals surface area contributed by atoms with Crippen molar-refractivity contribution in [3.05, 3.63) is 29.8 Å². The van der Waals surface area contributed by atoms with Crippen LogP contribution in [0.4, 0.5) is 0 Å². The van der Waals surface area contributed by atoms with E-state index in [1.165, 1.54) is 0 Å². The fourth-order valence-electron chi connectivity index (χ4n) is 1.88. The second-order valence-corrected chi connectivity index (χ2v) is 7.19. The van der Waals surface area contributed by atoms with Crippen molar-refractivity contribution in [2.75, 3.05) is 24.7 Å². The molecule has 0 aliphatic rings. The molecule has 1 aromatic rings. The van der Waals surface area contributed by atoms with Gasteiger partial charge in [-0.15, -0.1) is 0 Å². The zero-order chi connectivity index (χ0) is 14.8. The Bertz CT molecular complexity index is 468. The van der Waals surface area contributed by atoms with Crippen LogP contribution < -0.4 is 10.5 Å². The fraction of sp³-hybridized carbons (Fsp3) is 0.600. The van der Waals surface area contributed by atoms with Gasteiger partial charge in [0.25, 0.3) is 0 Å². The Balaban J connectivity index is 2.32. The second kappa shape index (κ2) is 8.97. The largest absolute Gasteiger partial charge is 0.493 e. The van der Waals surface area contributed by atoms with Gasteiger partial charge in [-0.3, -0.25) is 0 Å². The number of nitrogens with two attached hydrogens (primary N) is 1. The summed E-state index contributed by atoms with van der Waals surface area (Å²) in [6.07, 6.45) is 3.57. The van der Waals surface area contributed by atoms with Crippen molar-refractivity contribution < 1.29 is 13.2 Å². The van der Waals surface area contributed by atoms with Gasteiger partial charge in [0.05, 0.1) is 11.5 Å². The van der Waals surface area contributed by atoms with E-state index in [4.69, 9.17) is 10.5 Å². The van der Waals surface area contributed by atoms with Gasteiger partial charge >= 0.3 is 0 Å². The molecule has 0 aliphatic carbocycles. The van der Waals surface area contributed by atoms with Gasteiger partial charge in [0.2, 0.25) is 0 Å². The lowest BCUT2D eigenvalue weighted by atomic mass is 10.1. The number of benzene rings is 1. The summed E-state index contributed by atoms with van der Waals surface area (Å²) < 4.78 is 29.0. The Morgan fingerprint density at radius 2 is 1.80 bits per heavy atom. The van der Waals surface area contributed by atoms with Crippen LogP contribution in [0.25, 0.3) is 0 Å². The molecule has 0 spiro atoms. The SMILES string of the molecule is CCCCCS(=O)(=O)CCOc1ccc(CCN)cc1. The second-order valence-electron chi connectivity index (χ2n) is 4.89. The van der Waals surface area contributed by atoms with Gasteiger partial charge in [-0.05, 0) is 37.1 Å². The summed E-state index contributed by atoms with van der Waals surface area (Å²) in [6, 6.07) is 7.62. The molecule has 2 N–H and O–H groups in total. The maximum absolute atomic E-state index is 11.7. The van der Waals surface area contributed by atoms with E-state index in [1.54, 1.807) is 0 Å². The first-order valence-electron chi connectivity index (χ1n) is 7.19. The van der Waals surface area contributed by atoms with Crippen molar-refractivity contribution in [2.45, 2.75) is 32.6 Å². The topological polar surface area (TPSA) is 69.4 Å². The van der Waals surface area contributed by atoms with Crippen LogP contribution in [0.1, 0.15) is 31.7 Å². The minimum Gasteiger partial charge on any atom is -0.493 e. The standard InChI is InChI=1S/C15H25NO3S/c1-2-3-4-12-20(17,18)13-11-19-15-7-5-14(6-8-15)9-10-16/h5-8H,2-4,9-13,16H2,1H3. The molecule has 0 saturated carbocycles. The molecule has 114 valence electrons. The highest BCUT2D eigenvalue weighted by atomic mass is 32.2. The fourth-order valence-corrected chi connectivity index (χ4v) is 3.06. The van der Waals surface area contributed by atoms with E-state index in [-0.39, 0.29) is 18.1 Å². The monoisotopic (exact) mass is 299 g/mol. The van der Waals surface area contributed by atoms with E-state index in [9.17, 15) is 8.42 Å². The summed E-state index contributed by atoms with van der Waals surface area (Å²) in [5, 5.41) is 0. The average molecular weight is 299 g/mol. The highest BCUT2D eigenvalue weighted by Crippen LogP contribution is 2.12. The minimum absolute atomic E-state index is 0.0846. The highest BCUT2D eigenvalue weighted by molar-refractivity contribution is 7.91. The molecule has 0 aliphatic heterocycles. The van der Waals surface area contributed by atoms with Crippen LogP contribution in [-0.4, -0.2) is 33.1 Å². The summed E-state index contributed by atoms with van der Waals surface area (Å²) in [4.78, 5) is 0.